The van der Waals surface area contributed by atoms with Gasteiger partial charge in [-0.05, 0) is 81.3 Å². The third kappa shape index (κ3) is 6.43. The van der Waals surface area contributed by atoms with Crippen LogP contribution in [0.1, 0.15) is 44.8 Å². The lowest BCUT2D eigenvalue weighted by atomic mass is 9.99. The van der Waals surface area contributed by atoms with Crippen LogP contribution < -0.4 is 20.3 Å². The van der Waals surface area contributed by atoms with E-state index in [0.29, 0.717) is 34.8 Å². The number of ether oxygens (including phenoxy) is 1. The van der Waals surface area contributed by atoms with Gasteiger partial charge in [0.05, 0.1) is 35.2 Å². The van der Waals surface area contributed by atoms with Crippen molar-refractivity contribution in [2.75, 3.05) is 55.4 Å². The number of halogens is 1. The van der Waals surface area contributed by atoms with Gasteiger partial charge in [0, 0.05) is 49.7 Å². The number of nitrogens with zero attached hydrogens (tertiary/aromatic N) is 5. The number of aromatic nitrogens is 3. The molecule has 3 N–H and O–H groups in total. The number of fused-ring (bicyclic) bond motifs is 1. The molecule has 43 heavy (non-hydrogen) atoms. The van der Waals surface area contributed by atoms with E-state index in [-0.39, 0.29) is 5.82 Å². The molecule has 4 heterocycles. The predicted molar refractivity (Wildman–Crippen MR) is 171 cm³/mol. The molecule has 2 aromatic carbocycles. The summed E-state index contributed by atoms with van der Waals surface area (Å²) in [7, 11) is 1.60. The number of anilines is 4. The Morgan fingerprint density at radius 3 is 2.79 bits per heavy atom. The number of aliphatic hydroxyl groups is 1. The summed E-state index contributed by atoms with van der Waals surface area (Å²) in [6, 6.07) is 13.2. The van der Waals surface area contributed by atoms with Gasteiger partial charge in [-0.15, -0.1) is 0 Å². The maximum absolute atomic E-state index is 15.4. The van der Waals surface area contributed by atoms with Crippen LogP contribution >= 0.6 is 11.3 Å². The molecule has 0 bridgehead atoms. The SMILES string of the molecule is CCNc1nc(-c2cc(OC)cc(C(C)O)c2)c(-c2ccnc(Nc3ccc(N4CCN5CCCCC5C4)c(F)c3)n2)s1. The van der Waals surface area contributed by atoms with E-state index in [0.717, 1.165) is 59.6 Å². The zero-order valence-electron chi connectivity index (χ0n) is 24.8. The number of piperidine rings is 1. The Balaban J connectivity index is 1.26. The van der Waals surface area contributed by atoms with E-state index in [2.05, 4.69) is 25.4 Å². The molecule has 2 unspecified atom stereocenters. The Morgan fingerprint density at radius 2 is 2.00 bits per heavy atom. The molecule has 2 atom stereocenters. The minimum Gasteiger partial charge on any atom is -0.497 e. The zero-order chi connectivity index (χ0) is 29.9. The summed E-state index contributed by atoms with van der Waals surface area (Å²) >= 11 is 1.49. The van der Waals surface area contributed by atoms with Crippen LogP contribution in [-0.4, -0.2) is 70.8 Å². The van der Waals surface area contributed by atoms with Gasteiger partial charge in [-0.25, -0.2) is 19.3 Å². The molecule has 9 nitrogen and oxygen atoms in total. The van der Waals surface area contributed by atoms with Gasteiger partial charge in [-0.3, -0.25) is 4.90 Å². The fourth-order valence-corrected chi connectivity index (χ4v) is 6.95. The van der Waals surface area contributed by atoms with E-state index >= 15 is 4.39 Å². The van der Waals surface area contributed by atoms with E-state index < -0.39 is 6.10 Å². The maximum atomic E-state index is 15.4. The second kappa shape index (κ2) is 12.8. The van der Waals surface area contributed by atoms with Gasteiger partial charge in [-0.1, -0.05) is 17.8 Å². The number of hydrogen-bond acceptors (Lipinski definition) is 10. The van der Waals surface area contributed by atoms with Crippen molar-refractivity contribution < 1.29 is 14.2 Å². The third-order valence-corrected chi connectivity index (χ3v) is 9.18. The molecule has 2 aliphatic rings. The van der Waals surface area contributed by atoms with E-state index in [1.165, 1.54) is 36.7 Å². The molecule has 0 saturated carbocycles. The molecular formula is C32H38FN7O2S. The van der Waals surface area contributed by atoms with Crippen molar-refractivity contribution in [1.82, 2.24) is 19.9 Å². The van der Waals surface area contributed by atoms with Crippen LogP contribution in [0.3, 0.4) is 0 Å². The first-order chi connectivity index (χ1) is 20.9. The number of thiazole rings is 1. The number of aliphatic hydroxyl groups excluding tert-OH is 1. The Bertz CT molecular complexity index is 1580. The van der Waals surface area contributed by atoms with Crippen LogP contribution in [0.2, 0.25) is 0 Å². The van der Waals surface area contributed by atoms with Gasteiger partial charge < -0.3 is 25.4 Å². The molecule has 11 heteroatoms. The number of nitrogens with one attached hydrogen (secondary N) is 2. The lowest BCUT2D eigenvalue weighted by Crippen LogP contribution is -2.55. The summed E-state index contributed by atoms with van der Waals surface area (Å²) in [5.41, 5.74) is 4.17. The maximum Gasteiger partial charge on any atom is 0.227 e. The fourth-order valence-electron chi connectivity index (χ4n) is 5.92. The summed E-state index contributed by atoms with van der Waals surface area (Å²) in [6.07, 6.45) is 4.72. The van der Waals surface area contributed by atoms with Gasteiger partial charge in [0.25, 0.3) is 0 Å². The number of methoxy groups -OCH3 is 1. The molecule has 0 radical (unpaired) electrons. The van der Waals surface area contributed by atoms with Crippen LogP contribution in [0.15, 0.2) is 48.7 Å². The average Bonchev–Trinajstić information content (AvgIpc) is 3.45. The van der Waals surface area contributed by atoms with Crippen LogP contribution in [0.25, 0.3) is 21.8 Å². The molecule has 4 aromatic rings. The monoisotopic (exact) mass is 603 g/mol. The van der Waals surface area contributed by atoms with E-state index in [1.807, 2.05) is 43.3 Å². The number of rotatable bonds is 9. The fraction of sp³-hybridized carbons (Fsp3) is 0.406. The van der Waals surface area contributed by atoms with Gasteiger partial charge in [0.15, 0.2) is 5.13 Å². The lowest BCUT2D eigenvalue weighted by Gasteiger charge is -2.45. The Labute approximate surface area is 255 Å². The average molecular weight is 604 g/mol. The second-order valence-electron chi connectivity index (χ2n) is 11.1. The highest BCUT2D eigenvalue weighted by Gasteiger charge is 2.30. The van der Waals surface area contributed by atoms with Crippen LogP contribution in [-0.2, 0) is 0 Å². The van der Waals surface area contributed by atoms with Crippen molar-refractivity contribution in [3.63, 3.8) is 0 Å². The number of piperazine rings is 1. The summed E-state index contributed by atoms with van der Waals surface area (Å²) in [6.45, 7) is 8.30. The Hall–Kier alpha value is -3.80. The molecular weight excluding hydrogens is 565 g/mol. The van der Waals surface area contributed by atoms with Crippen LogP contribution in [0.5, 0.6) is 5.75 Å². The van der Waals surface area contributed by atoms with Crippen molar-refractivity contribution in [2.45, 2.75) is 45.3 Å². The second-order valence-corrected chi connectivity index (χ2v) is 12.1. The van der Waals surface area contributed by atoms with Gasteiger partial charge in [0.2, 0.25) is 5.95 Å². The topological polar surface area (TPSA) is 98.7 Å². The quantitative estimate of drug-likeness (QED) is 0.203. The zero-order valence-corrected chi connectivity index (χ0v) is 25.6. The lowest BCUT2D eigenvalue weighted by molar-refractivity contribution is 0.133. The summed E-state index contributed by atoms with van der Waals surface area (Å²) in [5, 5.41) is 17.5. The minimum atomic E-state index is -0.664. The van der Waals surface area contributed by atoms with E-state index in [1.54, 1.807) is 20.2 Å². The minimum absolute atomic E-state index is 0.252. The summed E-state index contributed by atoms with van der Waals surface area (Å²) in [4.78, 5) is 19.6. The van der Waals surface area contributed by atoms with Crippen LogP contribution in [0.4, 0.5) is 26.8 Å². The first-order valence-electron chi connectivity index (χ1n) is 14.9. The first-order valence-corrected chi connectivity index (χ1v) is 15.7. The van der Waals surface area contributed by atoms with Crippen LogP contribution in [0, 0.1) is 5.82 Å². The molecule has 6 rings (SSSR count). The van der Waals surface area contributed by atoms with Gasteiger partial charge in [-0.2, -0.15) is 0 Å². The Morgan fingerprint density at radius 1 is 1.12 bits per heavy atom. The largest absolute Gasteiger partial charge is 0.497 e. The van der Waals surface area contributed by atoms with Crippen molar-refractivity contribution in [3.05, 3.63) is 60.0 Å². The van der Waals surface area contributed by atoms with Crippen molar-refractivity contribution in [3.8, 4) is 27.6 Å². The molecule has 2 saturated heterocycles. The predicted octanol–water partition coefficient (Wildman–Crippen LogP) is 6.32. The number of hydrogen-bond donors (Lipinski definition) is 3. The highest BCUT2D eigenvalue weighted by molar-refractivity contribution is 7.19. The highest BCUT2D eigenvalue weighted by atomic mass is 32.1. The molecule has 0 aliphatic carbocycles. The molecule has 0 amide bonds. The third-order valence-electron chi connectivity index (χ3n) is 8.15. The van der Waals surface area contributed by atoms with Gasteiger partial charge >= 0.3 is 0 Å². The smallest absolute Gasteiger partial charge is 0.227 e. The Kier molecular flexibility index (Phi) is 8.73. The standard InChI is InChI=1S/C32H38FN7O2S/c1-4-34-32-38-29(22-15-21(20(2)41)16-25(17-22)42-3)30(43-32)27-10-11-35-31(37-27)36-23-8-9-28(26(33)18-23)40-14-13-39-12-6-5-7-24(39)19-40/h8-11,15-18,20,24,41H,4-7,12-14,19H2,1-3H3,(H,34,38)(H,35,36,37). The summed E-state index contributed by atoms with van der Waals surface area (Å²) < 4.78 is 20.9. The van der Waals surface area contributed by atoms with Gasteiger partial charge in [0.1, 0.15) is 11.6 Å². The molecule has 2 aliphatic heterocycles. The van der Waals surface area contributed by atoms with Crippen molar-refractivity contribution >= 4 is 33.8 Å². The van der Waals surface area contributed by atoms with E-state index in [4.69, 9.17) is 14.7 Å². The molecule has 0 spiro atoms. The van der Waals surface area contributed by atoms with Crippen molar-refractivity contribution in [2.24, 2.45) is 0 Å². The first kappa shape index (κ1) is 29.3. The van der Waals surface area contributed by atoms with E-state index in [9.17, 15) is 5.11 Å². The molecule has 2 aromatic heterocycles. The highest BCUT2D eigenvalue weighted by Crippen LogP contribution is 2.40. The van der Waals surface area contributed by atoms with Crippen molar-refractivity contribution in [1.29, 1.82) is 0 Å². The molecule has 226 valence electrons. The normalized spacial score (nSPS) is 17.8. The number of benzene rings is 2. The molecule has 2 fully saturated rings. The summed E-state index contributed by atoms with van der Waals surface area (Å²) in [5.74, 6) is 0.742.